The second kappa shape index (κ2) is 7.95. The van der Waals surface area contributed by atoms with Gasteiger partial charge in [-0.25, -0.2) is 5.43 Å². The Bertz CT molecular complexity index is 705. The van der Waals surface area contributed by atoms with Crippen LogP contribution in [0.15, 0.2) is 56.5 Å². The molecule has 2 rings (SSSR count). The van der Waals surface area contributed by atoms with E-state index >= 15 is 0 Å². The minimum atomic E-state index is -0.290. The molecule has 0 aliphatic carbocycles. The Kier molecular flexibility index (Phi) is 5.97. The number of phenols is 1. The number of phenolic OH excluding ortho intramolecular Hbond substituents is 1. The van der Waals surface area contributed by atoms with E-state index in [1.165, 1.54) is 6.21 Å². The van der Waals surface area contributed by atoms with E-state index in [0.29, 0.717) is 5.56 Å². The summed E-state index contributed by atoms with van der Waals surface area (Å²) < 4.78 is 1.80. The summed E-state index contributed by atoms with van der Waals surface area (Å²) in [5.74, 6) is -0.182. The molecule has 5 nitrogen and oxygen atoms in total. The van der Waals surface area contributed by atoms with E-state index in [1.807, 2.05) is 18.2 Å². The summed E-state index contributed by atoms with van der Waals surface area (Å²) in [6.07, 6.45) is 1.39. The monoisotopic (exact) mass is 425 g/mol. The van der Waals surface area contributed by atoms with Crippen molar-refractivity contribution < 1.29 is 9.90 Å². The fourth-order valence-electron chi connectivity index (χ4n) is 1.62. The number of benzene rings is 2. The van der Waals surface area contributed by atoms with Crippen LogP contribution in [0.5, 0.6) is 5.75 Å². The van der Waals surface area contributed by atoms with Gasteiger partial charge in [0.15, 0.2) is 0 Å². The number of para-hydroxylation sites is 1. The quantitative estimate of drug-likeness (QED) is 0.506. The lowest BCUT2D eigenvalue weighted by molar-refractivity contribution is -0.119. The van der Waals surface area contributed by atoms with Crippen LogP contribution in [-0.2, 0) is 4.79 Å². The Morgan fingerprint density at radius 3 is 2.73 bits per heavy atom. The molecule has 0 aliphatic heterocycles. The lowest BCUT2D eigenvalue weighted by Gasteiger charge is -2.07. The van der Waals surface area contributed by atoms with Gasteiger partial charge in [-0.2, -0.15) is 5.10 Å². The van der Waals surface area contributed by atoms with Crippen molar-refractivity contribution in [2.75, 3.05) is 11.9 Å². The molecular weight excluding hydrogens is 414 g/mol. The van der Waals surface area contributed by atoms with Crippen molar-refractivity contribution in [3.63, 3.8) is 0 Å². The first-order valence-electron chi connectivity index (χ1n) is 6.35. The van der Waals surface area contributed by atoms with Crippen LogP contribution in [0.2, 0.25) is 0 Å². The largest absolute Gasteiger partial charge is 0.507 e. The maximum atomic E-state index is 11.7. The molecule has 2 aromatic carbocycles. The topological polar surface area (TPSA) is 73.7 Å². The second-order valence-corrected chi connectivity index (χ2v) is 6.10. The highest BCUT2D eigenvalue weighted by molar-refractivity contribution is 9.11. The molecule has 0 heterocycles. The van der Waals surface area contributed by atoms with Gasteiger partial charge in [0.05, 0.1) is 12.8 Å². The summed E-state index contributed by atoms with van der Waals surface area (Å²) in [6, 6.07) is 12.4. The Labute approximate surface area is 144 Å². The van der Waals surface area contributed by atoms with Gasteiger partial charge in [0.25, 0.3) is 5.91 Å². The number of rotatable bonds is 5. The molecule has 7 heteroatoms. The molecule has 0 aliphatic rings. The lowest BCUT2D eigenvalue weighted by atomic mass is 10.2. The number of nitrogens with one attached hydrogen (secondary N) is 2. The zero-order valence-electron chi connectivity index (χ0n) is 11.4. The molecule has 114 valence electrons. The number of hydrogen-bond acceptors (Lipinski definition) is 4. The molecular formula is C15H13Br2N3O2. The maximum Gasteiger partial charge on any atom is 0.259 e. The Morgan fingerprint density at radius 1 is 1.23 bits per heavy atom. The van der Waals surface area contributed by atoms with Gasteiger partial charge in [-0.3, -0.25) is 4.79 Å². The number of anilines is 1. The van der Waals surface area contributed by atoms with Gasteiger partial charge >= 0.3 is 0 Å². The number of aromatic hydroxyl groups is 1. The molecule has 3 N–H and O–H groups in total. The Hall–Kier alpha value is -1.86. The summed E-state index contributed by atoms with van der Waals surface area (Å²) in [6.45, 7) is 0.0817. The van der Waals surface area contributed by atoms with Crippen LogP contribution in [0.25, 0.3) is 0 Å². The highest BCUT2D eigenvalue weighted by Gasteiger charge is 2.03. The normalized spacial score (nSPS) is 10.6. The zero-order chi connectivity index (χ0) is 15.9. The van der Waals surface area contributed by atoms with Crippen LogP contribution in [0.1, 0.15) is 5.56 Å². The molecule has 22 heavy (non-hydrogen) atoms. The summed E-state index contributed by atoms with van der Waals surface area (Å²) in [5, 5.41) is 16.4. The van der Waals surface area contributed by atoms with Crippen molar-refractivity contribution in [3.05, 3.63) is 57.0 Å². The van der Waals surface area contributed by atoms with Gasteiger partial charge in [0, 0.05) is 20.2 Å². The van der Waals surface area contributed by atoms with Crippen molar-refractivity contribution in [3.8, 4) is 5.75 Å². The number of nitrogens with zero attached hydrogens (tertiary/aromatic N) is 1. The first kappa shape index (κ1) is 16.5. The average molecular weight is 427 g/mol. The SMILES string of the molecule is O=C(CNc1ccc(Br)cc1Br)N/N=C\c1ccccc1O. The van der Waals surface area contributed by atoms with Gasteiger partial charge in [-0.15, -0.1) is 0 Å². The van der Waals surface area contributed by atoms with E-state index in [-0.39, 0.29) is 18.2 Å². The lowest BCUT2D eigenvalue weighted by Crippen LogP contribution is -2.26. The number of carbonyl (C=O) groups excluding carboxylic acids is 1. The summed E-state index contributed by atoms with van der Waals surface area (Å²) in [7, 11) is 0. The molecule has 0 bridgehead atoms. The van der Waals surface area contributed by atoms with Crippen LogP contribution in [0.3, 0.4) is 0 Å². The first-order valence-corrected chi connectivity index (χ1v) is 7.93. The third-order valence-corrected chi connectivity index (χ3v) is 3.85. The highest BCUT2D eigenvalue weighted by atomic mass is 79.9. The molecule has 0 atom stereocenters. The van der Waals surface area contributed by atoms with E-state index in [9.17, 15) is 9.90 Å². The van der Waals surface area contributed by atoms with E-state index in [1.54, 1.807) is 24.3 Å². The standard InChI is InChI=1S/C15H13Br2N3O2/c16-11-5-6-13(12(17)7-11)18-9-15(22)20-19-8-10-3-1-2-4-14(10)21/h1-8,18,21H,9H2,(H,20,22)/b19-8-. The van der Waals surface area contributed by atoms with Crippen LogP contribution < -0.4 is 10.7 Å². The molecule has 0 radical (unpaired) electrons. The molecule has 0 unspecified atom stereocenters. The smallest absolute Gasteiger partial charge is 0.259 e. The number of hydrogen-bond donors (Lipinski definition) is 3. The van der Waals surface area contributed by atoms with Gasteiger partial charge in [0.1, 0.15) is 5.75 Å². The van der Waals surface area contributed by atoms with Gasteiger partial charge < -0.3 is 10.4 Å². The maximum absolute atomic E-state index is 11.7. The van der Waals surface area contributed by atoms with E-state index in [4.69, 9.17) is 0 Å². The van der Waals surface area contributed by atoms with Gasteiger partial charge in [0.2, 0.25) is 0 Å². The fraction of sp³-hybridized carbons (Fsp3) is 0.0667. The molecule has 0 saturated heterocycles. The molecule has 0 saturated carbocycles. The van der Waals surface area contributed by atoms with Crippen molar-refractivity contribution in [2.45, 2.75) is 0 Å². The third-order valence-electron chi connectivity index (χ3n) is 2.70. The molecule has 1 amide bonds. The molecule has 2 aromatic rings. The van der Waals surface area contributed by atoms with Crippen molar-refractivity contribution in [2.24, 2.45) is 5.10 Å². The van der Waals surface area contributed by atoms with Crippen LogP contribution >= 0.6 is 31.9 Å². The van der Waals surface area contributed by atoms with Crippen LogP contribution in [0.4, 0.5) is 5.69 Å². The summed E-state index contributed by atoms with van der Waals surface area (Å²) in [5.41, 5.74) is 3.73. The molecule has 0 aromatic heterocycles. The number of hydrazone groups is 1. The van der Waals surface area contributed by atoms with E-state index in [0.717, 1.165) is 14.6 Å². The number of amides is 1. The van der Waals surface area contributed by atoms with Crippen molar-refractivity contribution in [1.29, 1.82) is 0 Å². The van der Waals surface area contributed by atoms with Gasteiger partial charge in [-0.05, 0) is 46.3 Å². The van der Waals surface area contributed by atoms with E-state index < -0.39 is 0 Å². The first-order chi connectivity index (χ1) is 10.6. The van der Waals surface area contributed by atoms with Crippen LogP contribution in [0, 0.1) is 0 Å². The predicted molar refractivity (Wildman–Crippen MR) is 94.2 cm³/mol. The summed E-state index contributed by atoms with van der Waals surface area (Å²) in [4.78, 5) is 11.7. The van der Waals surface area contributed by atoms with Crippen molar-refractivity contribution in [1.82, 2.24) is 5.43 Å². The highest BCUT2D eigenvalue weighted by Crippen LogP contribution is 2.25. The molecule has 0 fully saturated rings. The minimum Gasteiger partial charge on any atom is -0.507 e. The fourth-order valence-corrected chi connectivity index (χ4v) is 2.81. The van der Waals surface area contributed by atoms with Crippen LogP contribution in [-0.4, -0.2) is 23.8 Å². The third kappa shape index (κ3) is 4.85. The second-order valence-electron chi connectivity index (χ2n) is 4.33. The molecule has 0 spiro atoms. The average Bonchev–Trinajstić information content (AvgIpc) is 2.48. The number of carbonyl (C=O) groups is 1. The Balaban J connectivity index is 1.84. The zero-order valence-corrected chi connectivity index (χ0v) is 14.6. The Morgan fingerprint density at radius 2 is 2.00 bits per heavy atom. The van der Waals surface area contributed by atoms with E-state index in [2.05, 4.69) is 47.7 Å². The minimum absolute atomic E-state index is 0.0817. The van der Waals surface area contributed by atoms with Gasteiger partial charge in [-0.1, -0.05) is 28.1 Å². The predicted octanol–water partition coefficient (Wildman–Crippen LogP) is 3.48. The van der Waals surface area contributed by atoms with Crippen molar-refractivity contribution >= 4 is 49.7 Å². The number of halogens is 2. The summed E-state index contributed by atoms with van der Waals surface area (Å²) >= 11 is 6.77.